The highest BCUT2D eigenvalue weighted by Gasteiger charge is 2.36. The molecule has 0 aromatic heterocycles. The second-order valence-corrected chi connectivity index (χ2v) is 13.6. The third-order valence-electron chi connectivity index (χ3n) is 9.37. The Morgan fingerprint density at radius 1 is 0.500 bits per heavy atom. The molecule has 0 saturated heterocycles. The van der Waals surface area contributed by atoms with Crippen LogP contribution in [0.25, 0.3) is 0 Å². The maximum Gasteiger partial charge on any atom is 0.113 e. The van der Waals surface area contributed by atoms with E-state index in [1.165, 1.54) is 6.20 Å². The van der Waals surface area contributed by atoms with Gasteiger partial charge in [0.25, 0.3) is 0 Å². The molecule has 3 aromatic carbocycles. The standard InChI is InChI=1S/C44H69N5O9/c1-4-26-53-27-19-48(21-29-55-34-36-57-32-24-51)42-13-7-39(8-14-42)44(46-18-17-45,38-5-11-41(12-6-38)47(2)3)40-9-15-43(16-10-40)49(20-28-54-31-23-50)22-30-56-35-37-58-33-25-52/h5-18,46,50-52H,4,19-37,45H2,1-3H3/b18-17-. The van der Waals surface area contributed by atoms with Crippen molar-refractivity contribution in [2.75, 3.05) is 154 Å². The van der Waals surface area contributed by atoms with Crippen LogP contribution in [0.15, 0.2) is 85.2 Å². The topological polar surface area (TPSA) is 164 Å². The van der Waals surface area contributed by atoms with Crippen molar-refractivity contribution in [1.82, 2.24) is 5.32 Å². The molecule has 0 aliphatic carbocycles. The molecule has 0 radical (unpaired) electrons. The van der Waals surface area contributed by atoms with Crippen molar-refractivity contribution in [2.45, 2.75) is 18.9 Å². The molecule has 14 nitrogen and oxygen atoms in total. The largest absolute Gasteiger partial charge is 0.403 e. The molecule has 0 fully saturated rings. The molecule has 0 spiro atoms. The Morgan fingerprint density at radius 2 is 0.828 bits per heavy atom. The van der Waals surface area contributed by atoms with E-state index in [4.69, 9.17) is 44.4 Å². The molecule has 0 aliphatic rings. The molecule has 14 heteroatoms. The van der Waals surface area contributed by atoms with Crippen LogP contribution in [0.5, 0.6) is 0 Å². The van der Waals surface area contributed by atoms with Gasteiger partial charge in [0, 0.05) is 76.3 Å². The average Bonchev–Trinajstić information content (AvgIpc) is 3.25. The van der Waals surface area contributed by atoms with Crippen LogP contribution in [-0.4, -0.2) is 155 Å². The van der Waals surface area contributed by atoms with Crippen LogP contribution in [-0.2, 0) is 34.0 Å². The van der Waals surface area contributed by atoms with Crippen LogP contribution >= 0.6 is 0 Å². The molecule has 3 rings (SSSR count). The zero-order valence-electron chi connectivity index (χ0n) is 34.9. The highest BCUT2D eigenvalue weighted by molar-refractivity contribution is 5.59. The fraction of sp³-hybridized carbons (Fsp3) is 0.545. The van der Waals surface area contributed by atoms with Gasteiger partial charge in [-0.05, 0) is 59.5 Å². The lowest BCUT2D eigenvalue weighted by atomic mass is 9.76. The van der Waals surface area contributed by atoms with E-state index >= 15 is 0 Å². The van der Waals surface area contributed by atoms with Crippen LogP contribution in [0, 0.1) is 0 Å². The summed E-state index contributed by atoms with van der Waals surface area (Å²) in [6.45, 7) is 10.0. The zero-order valence-corrected chi connectivity index (χ0v) is 34.9. The predicted molar refractivity (Wildman–Crippen MR) is 231 cm³/mol. The summed E-state index contributed by atoms with van der Waals surface area (Å²) in [6, 6.07) is 25.7. The summed E-state index contributed by atoms with van der Waals surface area (Å²) in [5.74, 6) is 0. The normalized spacial score (nSPS) is 12.5. The number of hydrogen-bond acceptors (Lipinski definition) is 14. The number of nitrogens with one attached hydrogen (secondary N) is 1. The van der Waals surface area contributed by atoms with Crippen molar-refractivity contribution in [1.29, 1.82) is 0 Å². The van der Waals surface area contributed by atoms with E-state index in [2.05, 4.69) is 99.7 Å². The first-order chi connectivity index (χ1) is 28.4. The third-order valence-corrected chi connectivity index (χ3v) is 9.37. The number of rotatable bonds is 34. The Balaban J connectivity index is 1.99. The number of nitrogens with two attached hydrogens (primary N) is 1. The fourth-order valence-corrected chi connectivity index (χ4v) is 6.40. The molecule has 58 heavy (non-hydrogen) atoms. The van der Waals surface area contributed by atoms with Gasteiger partial charge in [0.05, 0.1) is 92.5 Å². The number of benzene rings is 3. The van der Waals surface area contributed by atoms with Gasteiger partial charge in [0.1, 0.15) is 5.54 Å². The van der Waals surface area contributed by atoms with E-state index in [9.17, 15) is 5.11 Å². The van der Waals surface area contributed by atoms with E-state index in [0.29, 0.717) is 92.2 Å². The summed E-state index contributed by atoms with van der Waals surface area (Å²) < 4.78 is 33.9. The van der Waals surface area contributed by atoms with Crippen molar-refractivity contribution < 1.29 is 43.7 Å². The van der Waals surface area contributed by atoms with Crippen LogP contribution < -0.4 is 25.8 Å². The van der Waals surface area contributed by atoms with Gasteiger partial charge in [-0.1, -0.05) is 43.3 Å². The highest BCUT2D eigenvalue weighted by Crippen LogP contribution is 2.39. The summed E-state index contributed by atoms with van der Waals surface area (Å²) in [7, 11) is 4.06. The Bertz CT molecular complexity index is 1400. The Labute approximate surface area is 346 Å². The SMILES string of the molecule is CCCOCCN(CCOCCOCCO)c1ccc(C(N/C=C\N)(c2ccc(N(C)C)cc2)c2ccc(N(CCOCCO)CCOCCOCCO)cc2)cc1. The molecule has 3 aromatic rings. The molecular formula is C44H69N5O9. The molecule has 1 atom stereocenters. The van der Waals surface area contributed by atoms with Crippen molar-refractivity contribution in [3.63, 3.8) is 0 Å². The molecule has 0 amide bonds. The van der Waals surface area contributed by atoms with Crippen molar-refractivity contribution in [2.24, 2.45) is 5.73 Å². The lowest BCUT2D eigenvalue weighted by molar-refractivity contribution is 0.0347. The molecule has 6 N–H and O–H groups in total. The van der Waals surface area contributed by atoms with Gasteiger partial charge in [-0.25, -0.2) is 0 Å². The Morgan fingerprint density at radius 3 is 1.16 bits per heavy atom. The number of aliphatic hydroxyl groups is 3. The van der Waals surface area contributed by atoms with Gasteiger partial charge < -0.3 is 69.5 Å². The van der Waals surface area contributed by atoms with Crippen LogP contribution in [0.2, 0.25) is 0 Å². The summed E-state index contributed by atoms with van der Waals surface area (Å²) in [6.07, 6.45) is 4.26. The van der Waals surface area contributed by atoms with Crippen LogP contribution in [0.4, 0.5) is 17.1 Å². The van der Waals surface area contributed by atoms with E-state index in [-0.39, 0.29) is 33.0 Å². The predicted octanol–water partition coefficient (Wildman–Crippen LogP) is 3.16. The zero-order chi connectivity index (χ0) is 41.7. The maximum atomic E-state index is 9.25. The summed E-state index contributed by atoms with van der Waals surface area (Å²) >= 11 is 0. The van der Waals surface area contributed by atoms with Gasteiger partial charge in [-0.15, -0.1) is 0 Å². The van der Waals surface area contributed by atoms with E-state index in [0.717, 1.165) is 40.2 Å². The summed E-state index contributed by atoms with van der Waals surface area (Å²) in [5.41, 5.74) is 11.4. The molecule has 0 saturated carbocycles. The second kappa shape index (κ2) is 29.3. The fourth-order valence-electron chi connectivity index (χ4n) is 6.40. The first-order valence-corrected chi connectivity index (χ1v) is 20.4. The minimum Gasteiger partial charge on any atom is -0.403 e. The van der Waals surface area contributed by atoms with E-state index in [1.54, 1.807) is 6.20 Å². The number of aliphatic hydroxyl groups excluding tert-OH is 3. The first kappa shape index (κ1) is 48.4. The smallest absolute Gasteiger partial charge is 0.113 e. The van der Waals surface area contributed by atoms with E-state index in [1.807, 2.05) is 14.1 Å². The maximum absolute atomic E-state index is 9.25. The first-order valence-electron chi connectivity index (χ1n) is 20.4. The molecule has 0 aliphatic heterocycles. The lowest BCUT2D eigenvalue weighted by Crippen LogP contribution is -2.42. The monoisotopic (exact) mass is 812 g/mol. The van der Waals surface area contributed by atoms with Gasteiger partial charge in [0.15, 0.2) is 0 Å². The third kappa shape index (κ3) is 16.4. The molecule has 1 unspecified atom stereocenters. The number of nitrogens with zero attached hydrogens (tertiary/aromatic N) is 3. The Kier molecular flexibility index (Phi) is 24.4. The summed E-state index contributed by atoms with van der Waals surface area (Å²) in [5, 5.41) is 30.9. The van der Waals surface area contributed by atoms with Gasteiger partial charge in [-0.3, -0.25) is 0 Å². The van der Waals surface area contributed by atoms with Gasteiger partial charge >= 0.3 is 0 Å². The van der Waals surface area contributed by atoms with Gasteiger partial charge in [-0.2, -0.15) is 0 Å². The highest BCUT2D eigenvalue weighted by atomic mass is 16.5. The average molecular weight is 812 g/mol. The lowest BCUT2D eigenvalue weighted by Gasteiger charge is -2.37. The molecular weight excluding hydrogens is 743 g/mol. The number of ether oxygens (including phenoxy) is 6. The quantitative estimate of drug-likeness (QED) is 0.0442. The Hall–Kier alpha value is -3.96. The minimum absolute atomic E-state index is 0.00441. The second-order valence-electron chi connectivity index (χ2n) is 13.6. The van der Waals surface area contributed by atoms with Gasteiger partial charge in [0.2, 0.25) is 0 Å². The van der Waals surface area contributed by atoms with Crippen molar-refractivity contribution in [3.8, 4) is 0 Å². The number of hydrogen-bond donors (Lipinski definition) is 5. The summed E-state index contributed by atoms with van der Waals surface area (Å²) in [4.78, 5) is 6.56. The molecule has 0 bridgehead atoms. The minimum atomic E-state index is -0.822. The van der Waals surface area contributed by atoms with Crippen LogP contribution in [0.1, 0.15) is 30.0 Å². The van der Waals surface area contributed by atoms with E-state index < -0.39 is 5.54 Å². The molecule has 0 heterocycles. The van der Waals surface area contributed by atoms with Crippen molar-refractivity contribution in [3.05, 3.63) is 102 Å². The number of anilines is 3. The van der Waals surface area contributed by atoms with Crippen LogP contribution in [0.3, 0.4) is 0 Å². The van der Waals surface area contributed by atoms with Crippen molar-refractivity contribution >= 4 is 17.1 Å². The molecule has 324 valence electrons.